The van der Waals surface area contributed by atoms with E-state index in [1.54, 1.807) is 11.4 Å². The summed E-state index contributed by atoms with van der Waals surface area (Å²) in [4.78, 5) is 0. The first-order valence-electron chi connectivity index (χ1n) is 6.30. The lowest BCUT2D eigenvalue weighted by Gasteiger charge is -2.27. The molecule has 0 amide bonds. The number of rotatable bonds is 8. The minimum absolute atomic E-state index is 0.164. The molecule has 0 aromatic carbocycles. The Kier molecular flexibility index (Phi) is 6.40. The van der Waals surface area contributed by atoms with Crippen molar-refractivity contribution in [3.63, 3.8) is 0 Å². The van der Waals surface area contributed by atoms with E-state index in [2.05, 4.69) is 0 Å². The van der Waals surface area contributed by atoms with Crippen molar-refractivity contribution >= 4 is 10.0 Å². The maximum atomic E-state index is 12.2. The third-order valence-corrected chi connectivity index (χ3v) is 5.19. The third kappa shape index (κ3) is 4.54. The van der Waals surface area contributed by atoms with Crippen molar-refractivity contribution in [2.24, 2.45) is 5.73 Å². The van der Waals surface area contributed by atoms with Crippen LogP contribution < -0.4 is 5.73 Å². The van der Waals surface area contributed by atoms with E-state index >= 15 is 0 Å². The van der Waals surface area contributed by atoms with Crippen LogP contribution >= 0.6 is 0 Å². The molecule has 0 aliphatic heterocycles. The molecule has 1 aliphatic carbocycles. The molecule has 17 heavy (non-hydrogen) atoms. The Hall–Kier alpha value is -0.170. The van der Waals surface area contributed by atoms with Gasteiger partial charge in [0.15, 0.2) is 0 Å². The molecule has 0 unspecified atom stereocenters. The van der Waals surface area contributed by atoms with Crippen LogP contribution in [0.15, 0.2) is 0 Å². The highest BCUT2D eigenvalue weighted by atomic mass is 32.2. The van der Waals surface area contributed by atoms with Gasteiger partial charge in [-0.15, -0.1) is 0 Å². The van der Waals surface area contributed by atoms with Crippen molar-refractivity contribution in [1.82, 2.24) is 4.31 Å². The summed E-state index contributed by atoms with van der Waals surface area (Å²) < 4.78 is 30.9. The molecule has 0 radical (unpaired) electrons. The number of sulfonamides is 1. The minimum Gasteiger partial charge on any atom is -0.385 e. The summed E-state index contributed by atoms with van der Waals surface area (Å²) in [5, 5.41) is 0. The summed E-state index contributed by atoms with van der Waals surface area (Å²) in [6.45, 7) is 1.32. The zero-order valence-electron chi connectivity index (χ0n) is 10.6. The molecule has 1 aliphatic rings. The van der Waals surface area contributed by atoms with Crippen LogP contribution in [0.4, 0.5) is 0 Å². The van der Waals surface area contributed by atoms with E-state index in [1.807, 2.05) is 0 Å². The van der Waals surface area contributed by atoms with Crippen LogP contribution in [0.5, 0.6) is 0 Å². The molecule has 0 saturated heterocycles. The molecule has 5 nitrogen and oxygen atoms in total. The molecule has 0 aromatic heterocycles. The Morgan fingerprint density at radius 1 is 1.35 bits per heavy atom. The molecular weight excluding hydrogens is 240 g/mol. The number of hydrogen-bond acceptors (Lipinski definition) is 4. The maximum Gasteiger partial charge on any atom is 0.214 e. The highest BCUT2D eigenvalue weighted by Crippen LogP contribution is 2.25. The quantitative estimate of drug-likeness (QED) is 0.650. The first kappa shape index (κ1) is 14.9. The summed E-state index contributed by atoms with van der Waals surface area (Å²) in [5.74, 6) is 0.164. The highest BCUT2D eigenvalue weighted by molar-refractivity contribution is 7.89. The number of methoxy groups -OCH3 is 1. The van der Waals surface area contributed by atoms with Crippen molar-refractivity contribution in [3.05, 3.63) is 0 Å². The molecule has 1 fully saturated rings. The summed E-state index contributed by atoms with van der Waals surface area (Å²) in [5.41, 5.74) is 5.52. The molecule has 0 bridgehead atoms. The van der Waals surface area contributed by atoms with Gasteiger partial charge in [-0.05, 0) is 19.3 Å². The van der Waals surface area contributed by atoms with Gasteiger partial charge in [-0.2, -0.15) is 4.31 Å². The van der Waals surface area contributed by atoms with Crippen LogP contribution in [0.25, 0.3) is 0 Å². The normalized spacial score (nSPS) is 18.1. The number of hydrogen-bond donors (Lipinski definition) is 1. The number of ether oxygens (including phenoxy) is 1. The van der Waals surface area contributed by atoms with Crippen LogP contribution in [-0.2, 0) is 14.8 Å². The van der Waals surface area contributed by atoms with Gasteiger partial charge in [0.05, 0.1) is 5.75 Å². The molecule has 6 heteroatoms. The third-order valence-electron chi connectivity index (χ3n) is 3.19. The second-order valence-electron chi connectivity index (χ2n) is 4.50. The monoisotopic (exact) mass is 264 g/mol. The standard InChI is InChI=1S/C11H24N2O3S/c1-16-9-4-10-17(14,15)13(8-7-12)11-5-2-3-6-11/h11H,2-10,12H2,1H3. The summed E-state index contributed by atoms with van der Waals surface area (Å²) in [6.07, 6.45) is 4.75. The smallest absolute Gasteiger partial charge is 0.214 e. The Bertz CT molecular complexity index is 300. The lowest BCUT2D eigenvalue weighted by molar-refractivity contribution is 0.199. The van der Waals surface area contributed by atoms with Crippen molar-refractivity contribution in [1.29, 1.82) is 0 Å². The predicted molar refractivity (Wildman–Crippen MR) is 68.3 cm³/mol. The minimum atomic E-state index is -3.17. The SMILES string of the molecule is COCCCS(=O)(=O)N(CCN)C1CCCC1. The van der Waals surface area contributed by atoms with Gasteiger partial charge in [-0.3, -0.25) is 0 Å². The Labute approximate surface area is 104 Å². The topological polar surface area (TPSA) is 72.6 Å². The van der Waals surface area contributed by atoms with Crippen LogP contribution in [0.2, 0.25) is 0 Å². The Morgan fingerprint density at radius 3 is 2.53 bits per heavy atom. The van der Waals surface area contributed by atoms with E-state index in [-0.39, 0.29) is 11.8 Å². The molecule has 0 atom stereocenters. The molecule has 0 aromatic rings. The van der Waals surface area contributed by atoms with E-state index in [9.17, 15) is 8.42 Å². The van der Waals surface area contributed by atoms with Gasteiger partial charge in [0.25, 0.3) is 0 Å². The van der Waals surface area contributed by atoms with Crippen molar-refractivity contribution in [3.8, 4) is 0 Å². The van der Waals surface area contributed by atoms with Gasteiger partial charge in [-0.1, -0.05) is 12.8 Å². The Morgan fingerprint density at radius 2 is 2.00 bits per heavy atom. The van der Waals surface area contributed by atoms with Gasteiger partial charge in [0, 0.05) is 32.8 Å². The largest absolute Gasteiger partial charge is 0.385 e. The Balaban J connectivity index is 2.60. The van der Waals surface area contributed by atoms with Crippen molar-refractivity contribution < 1.29 is 13.2 Å². The summed E-state index contributed by atoms with van der Waals surface area (Å²) in [6, 6.07) is 0.172. The van der Waals surface area contributed by atoms with Crippen molar-refractivity contribution in [2.75, 3.05) is 32.6 Å². The molecule has 102 valence electrons. The fourth-order valence-electron chi connectivity index (χ4n) is 2.37. The van der Waals surface area contributed by atoms with E-state index in [0.717, 1.165) is 25.7 Å². The van der Waals surface area contributed by atoms with Crippen molar-refractivity contribution in [2.45, 2.75) is 38.1 Å². The second kappa shape index (κ2) is 7.31. The molecule has 1 rings (SSSR count). The lowest BCUT2D eigenvalue weighted by Crippen LogP contribution is -2.43. The van der Waals surface area contributed by atoms with Crippen LogP contribution in [0.1, 0.15) is 32.1 Å². The molecule has 2 N–H and O–H groups in total. The number of nitrogens with two attached hydrogens (primary N) is 1. The van der Waals surface area contributed by atoms with Gasteiger partial charge in [0.1, 0.15) is 0 Å². The lowest BCUT2D eigenvalue weighted by atomic mass is 10.2. The maximum absolute atomic E-state index is 12.2. The van der Waals surface area contributed by atoms with Gasteiger partial charge in [-0.25, -0.2) is 8.42 Å². The van der Waals surface area contributed by atoms with E-state index in [0.29, 0.717) is 26.1 Å². The molecular formula is C11H24N2O3S. The van der Waals surface area contributed by atoms with E-state index in [1.165, 1.54) is 0 Å². The summed E-state index contributed by atoms with van der Waals surface area (Å²) in [7, 11) is -1.58. The average molecular weight is 264 g/mol. The fraction of sp³-hybridized carbons (Fsp3) is 1.00. The van der Waals surface area contributed by atoms with Gasteiger partial charge < -0.3 is 10.5 Å². The predicted octanol–water partition coefficient (Wildman–Crippen LogP) is 0.556. The fourth-order valence-corrected chi connectivity index (χ4v) is 4.14. The van der Waals surface area contributed by atoms with E-state index in [4.69, 9.17) is 10.5 Å². The zero-order chi connectivity index (χ0) is 12.7. The van der Waals surface area contributed by atoms with Gasteiger partial charge in [0.2, 0.25) is 10.0 Å². The van der Waals surface area contributed by atoms with Crippen LogP contribution in [0.3, 0.4) is 0 Å². The molecule has 1 saturated carbocycles. The first-order chi connectivity index (χ1) is 8.11. The average Bonchev–Trinajstić information content (AvgIpc) is 2.79. The second-order valence-corrected chi connectivity index (χ2v) is 6.54. The van der Waals surface area contributed by atoms with Gasteiger partial charge >= 0.3 is 0 Å². The summed E-state index contributed by atoms with van der Waals surface area (Å²) >= 11 is 0. The van der Waals surface area contributed by atoms with Crippen LogP contribution in [0, 0.1) is 0 Å². The zero-order valence-corrected chi connectivity index (χ0v) is 11.4. The highest BCUT2D eigenvalue weighted by Gasteiger charge is 2.30. The molecule has 0 heterocycles. The first-order valence-corrected chi connectivity index (χ1v) is 7.91. The van der Waals surface area contributed by atoms with Crippen LogP contribution in [-0.4, -0.2) is 51.3 Å². The van der Waals surface area contributed by atoms with E-state index < -0.39 is 10.0 Å². The molecule has 0 spiro atoms. The number of nitrogens with zero attached hydrogens (tertiary/aromatic N) is 1.